The summed E-state index contributed by atoms with van der Waals surface area (Å²) in [6.45, 7) is 2.65. The van der Waals surface area contributed by atoms with Crippen LogP contribution in [0.1, 0.15) is 30.9 Å². The second-order valence-electron chi connectivity index (χ2n) is 7.90. The van der Waals surface area contributed by atoms with E-state index in [-0.39, 0.29) is 11.6 Å². The summed E-state index contributed by atoms with van der Waals surface area (Å²) in [5.41, 5.74) is 1.92. The lowest BCUT2D eigenvalue weighted by atomic mass is 10.1. The van der Waals surface area contributed by atoms with Crippen molar-refractivity contribution >= 4 is 11.4 Å². The molecule has 0 bridgehead atoms. The molecule has 35 heavy (non-hydrogen) atoms. The summed E-state index contributed by atoms with van der Waals surface area (Å²) in [7, 11) is 1.47. The lowest BCUT2D eigenvalue weighted by molar-refractivity contribution is -0.137. The minimum absolute atomic E-state index is 0.167. The average Bonchev–Trinajstić information content (AvgIpc) is 2.83. The second kappa shape index (κ2) is 10.5. The fourth-order valence-corrected chi connectivity index (χ4v) is 3.66. The first-order valence-corrected chi connectivity index (χ1v) is 11.0. The van der Waals surface area contributed by atoms with Crippen molar-refractivity contribution in [1.29, 1.82) is 0 Å². The molecule has 10 heteroatoms. The Kier molecular flexibility index (Phi) is 7.28. The highest BCUT2D eigenvalue weighted by Crippen LogP contribution is 2.35. The molecular formula is C25H24F3N5O2. The molecular weight excluding hydrogens is 459 g/mol. The van der Waals surface area contributed by atoms with E-state index in [2.05, 4.69) is 32.2 Å². The summed E-state index contributed by atoms with van der Waals surface area (Å²) >= 11 is 0. The van der Waals surface area contributed by atoms with Crippen LogP contribution in [0.2, 0.25) is 0 Å². The molecule has 1 aliphatic heterocycles. The normalized spacial score (nSPS) is 13.3. The molecule has 2 aromatic heterocycles. The number of hydrogen-bond acceptors (Lipinski definition) is 7. The first-order chi connectivity index (χ1) is 16.8. The van der Waals surface area contributed by atoms with E-state index in [4.69, 9.17) is 9.47 Å². The van der Waals surface area contributed by atoms with E-state index in [1.54, 1.807) is 18.3 Å². The van der Waals surface area contributed by atoms with Gasteiger partial charge in [-0.25, -0.2) is 19.9 Å². The molecule has 7 nitrogen and oxygen atoms in total. The van der Waals surface area contributed by atoms with Gasteiger partial charge in [-0.15, -0.1) is 0 Å². The number of ether oxygens (including phenoxy) is 2. The van der Waals surface area contributed by atoms with Gasteiger partial charge in [-0.05, 0) is 49.9 Å². The van der Waals surface area contributed by atoms with Crippen LogP contribution in [0.5, 0.6) is 17.4 Å². The Bertz CT molecular complexity index is 1360. The van der Waals surface area contributed by atoms with Gasteiger partial charge >= 0.3 is 6.18 Å². The Hall–Kier alpha value is -3.95. The number of allylic oxidation sites excluding steroid dienone is 1. The van der Waals surface area contributed by atoms with Crippen LogP contribution in [0, 0.1) is 0 Å². The predicted octanol–water partition coefficient (Wildman–Crippen LogP) is 4.44. The van der Waals surface area contributed by atoms with Gasteiger partial charge in [0, 0.05) is 25.0 Å². The summed E-state index contributed by atoms with van der Waals surface area (Å²) < 4.78 is 49.9. The fraction of sp³-hybridized carbons (Fsp3) is 0.280. The summed E-state index contributed by atoms with van der Waals surface area (Å²) in [6.07, 6.45) is 4.32. The zero-order chi connectivity index (χ0) is 24.8. The number of halogens is 3. The number of nitrogens with zero attached hydrogens (tertiary/aromatic N) is 4. The van der Waals surface area contributed by atoms with Gasteiger partial charge < -0.3 is 14.8 Å². The average molecular weight is 483 g/mol. The zero-order valence-corrected chi connectivity index (χ0v) is 19.3. The highest BCUT2D eigenvalue weighted by atomic mass is 19.4. The van der Waals surface area contributed by atoms with Gasteiger partial charge in [-0.2, -0.15) is 13.2 Å². The number of anilines is 1. The van der Waals surface area contributed by atoms with Gasteiger partial charge in [-0.1, -0.05) is 17.7 Å². The number of methoxy groups -OCH3 is 1. The highest BCUT2D eigenvalue weighted by Gasteiger charge is 2.31. The van der Waals surface area contributed by atoms with Crippen LogP contribution in [0.4, 0.5) is 19.0 Å². The molecule has 1 aliphatic rings. The molecule has 3 heterocycles. The van der Waals surface area contributed by atoms with Crippen LogP contribution in [0.25, 0.3) is 5.57 Å². The zero-order valence-electron chi connectivity index (χ0n) is 19.3. The smallest absolute Gasteiger partial charge is 0.416 e. The largest absolute Gasteiger partial charge is 0.493 e. The van der Waals surface area contributed by atoms with Crippen LogP contribution in [0.15, 0.2) is 60.1 Å². The van der Waals surface area contributed by atoms with Gasteiger partial charge in [-0.3, -0.25) is 0 Å². The summed E-state index contributed by atoms with van der Waals surface area (Å²) in [4.78, 5) is 17.0. The first-order valence-electron chi connectivity index (χ1n) is 11.0. The Morgan fingerprint density at radius 2 is 1.91 bits per heavy atom. The third-order valence-electron chi connectivity index (χ3n) is 5.45. The summed E-state index contributed by atoms with van der Waals surface area (Å²) in [6, 6.07) is 7.01. The molecule has 3 aromatic rings. The first kappa shape index (κ1) is 24.2. The van der Waals surface area contributed by atoms with Crippen molar-refractivity contribution in [2.24, 2.45) is 4.99 Å². The SMILES string of the molecule is COc1cc(CCNc2ncnc3c2=C(C)CCC=CN=3)ccc1Oc1cc(C(F)(F)F)ccn1. The lowest BCUT2D eigenvalue weighted by Crippen LogP contribution is -2.34. The number of hydrogen-bond donors (Lipinski definition) is 1. The number of aromatic nitrogens is 3. The van der Waals surface area contributed by atoms with Crippen molar-refractivity contribution in [3.63, 3.8) is 0 Å². The molecule has 0 spiro atoms. The van der Waals surface area contributed by atoms with Crippen molar-refractivity contribution in [2.75, 3.05) is 19.0 Å². The number of rotatable bonds is 7. The van der Waals surface area contributed by atoms with Crippen molar-refractivity contribution in [3.05, 3.63) is 77.0 Å². The van der Waals surface area contributed by atoms with Crippen LogP contribution < -0.4 is 25.5 Å². The van der Waals surface area contributed by atoms with Crippen LogP contribution in [0.3, 0.4) is 0 Å². The van der Waals surface area contributed by atoms with E-state index in [0.29, 0.717) is 24.2 Å². The van der Waals surface area contributed by atoms with Crippen molar-refractivity contribution in [3.8, 4) is 17.4 Å². The fourth-order valence-electron chi connectivity index (χ4n) is 3.66. The number of fused-ring (bicyclic) bond motifs is 1. The Balaban J connectivity index is 1.48. The van der Waals surface area contributed by atoms with E-state index in [9.17, 15) is 13.2 Å². The third kappa shape index (κ3) is 5.95. The molecule has 0 aliphatic carbocycles. The van der Waals surface area contributed by atoms with Crippen molar-refractivity contribution in [2.45, 2.75) is 32.4 Å². The molecule has 1 aromatic carbocycles. The Labute approximate surface area is 200 Å². The summed E-state index contributed by atoms with van der Waals surface area (Å²) in [5.74, 6) is 1.23. The molecule has 0 unspecified atom stereocenters. The topological polar surface area (TPSA) is 81.5 Å². The molecule has 1 N–H and O–H groups in total. The minimum atomic E-state index is -4.48. The number of alkyl halides is 3. The number of nitrogens with one attached hydrogen (secondary N) is 1. The molecule has 0 saturated carbocycles. The molecule has 182 valence electrons. The van der Waals surface area contributed by atoms with Crippen LogP contribution in [-0.2, 0) is 12.6 Å². The molecule has 0 radical (unpaired) electrons. The second-order valence-corrected chi connectivity index (χ2v) is 7.90. The number of pyridine rings is 1. The lowest BCUT2D eigenvalue weighted by Gasteiger charge is -2.13. The predicted molar refractivity (Wildman–Crippen MR) is 125 cm³/mol. The van der Waals surface area contributed by atoms with Crippen LogP contribution in [-0.4, -0.2) is 28.6 Å². The Morgan fingerprint density at radius 1 is 1.06 bits per heavy atom. The van der Waals surface area contributed by atoms with Gasteiger partial charge in [0.1, 0.15) is 12.1 Å². The summed E-state index contributed by atoms with van der Waals surface area (Å²) in [5, 5.41) is 4.29. The Morgan fingerprint density at radius 3 is 2.71 bits per heavy atom. The third-order valence-corrected chi connectivity index (χ3v) is 5.45. The molecule has 0 saturated heterocycles. The maximum absolute atomic E-state index is 13.0. The van der Waals surface area contributed by atoms with E-state index >= 15 is 0 Å². The maximum atomic E-state index is 13.0. The van der Waals surface area contributed by atoms with Gasteiger partial charge in [0.05, 0.1) is 17.9 Å². The standard InChI is InChI=1S/C25H24F3N5O2/c1-16-5-3-4-10-30-23-22(16)24(33-15-32-23)31-11-8-17-6-7-19(20(13-17)34-2)35-21-14-18(9-12-29-21)25(26,27)28/h4,6-7,9-10,12-15H,3,5,8,11H2,1-2H3,(H,30,31,32,33). The number of benzene rings is 1. The van der Waals surface area contributed by atoms with E-state index in [1.807, 2.05) is 12.1 Å². The molecule has 0 fully saturated rings. The molecule has 0 amide bonds. The van der Waals surface area contributed by atoms with E-state index in [0.717, 1.165) is 47.8 Å². The van der Waals surface area contributed by atoms with Crippen LogP contribution >= 0.6 is 0 Å². The van der Waals surface area contributed by atoms with E-state index in [1.165, 1.54) is 19.0 Å². The molecule has 0 atom stereocenters. The minimum Gasteiger partial charge on any atom is -0.493 e. The van der Waals surface area contributed by atoms with E-state index < -0.39 is 11.7 Å². The van der Waals surface area contributed by atoms with Crippen molar-refractivity contribution in [1.82, 2.24) is 15.0 Å². The maximum Gasteiger partial charge on any atom is 0.416 e. The van der Waals surface area contributed by atoms with Crippen molar-refractivity contribution < 1.29 is 22.6 Å². The van der Waals surface area contributed by atoms with Gasteiger partial charge in [0.15, 0.2) is 17.0 Å². The van der Waals surface area contributed by atoms with Gasteiger partial charge in [0.25, 0.3) is 0 Å². The highest BCUT2D eigenvalue weighted by molar-refractivity contribution is 5.51. The monoisotopic (exact) mass is 483 g/mol. The van der Waals surface area contributed by atoms with Gasteiger partial charge in [0.2, 0.25) is 5.88 Å². The molecule has 4 rings (SSSR count). The quantitative estimate of drug-likeness (QED) is 0.535.